The van der Waals surface area contributed by atoms with Crippen LogP contribution in [0.15, 0.2) is 54.6 Å². The van der Waals surface area contributed by atoms with Crippen LogP contribution in [0.25, 0.3) is 0 Å². The third-order valence-electron chi connectivity index (χ3n) is 7.18. The van der Waals surface area contributed by atoms with Crippen molar-refractivity contribution in [2.24, 2.45) is 0 Å². The fourth-order valence-electron chi connectivity index (χ4n) is 4.86. The van der Waals surface area contributed by atoms with E-state index in [0.29, 0.717) is 31.9 Å². The number of rotatable bonds is 10. The molecule has 2 aromatic carbocycles. The second-order valence-corrected chi connectivity index (χ2v) is 9.99. The van der Waals surface area contributed by atoms with Gasteiger partial charge in [-0.1, -0.05) is 42.5 Å². The zero-order chi connectivity index (χ0) is 27.9. The standard InChI is InChI=1S/C28H35F3N2O6/c29-28(30,31)22-8-6-21(7-9-22)18-38-24-17-27(16-23(34)25(24)35,39-19-20-4-2-1-3-5-20)26(36)32-10-11-33-12-14-37-15-13-33/h1-9,23-25,34-35H,10-19H2,(H,32,36)/t23-,24?,25-,27+/m1/s1. The molecule has 1 amide bonds. The summed E-state index contributed by atoms with van der Waals surface area (Å²) < 4.78 is 56.1. The molecule has 1 heterocycles. The summed E-state index contributed by atoms with van der Waals surface area (Å²) in [5, 5.41) is 24.4. The first-order valence-corrected chi connectivity index (χ1v) is 13.1. The number of hydrogen-bond donors (Lipinski definition) is 3. The number of morpholine rings is 1. The number of hydrogen-bond acceptors (Lipinski definition) is 7. The highest BCUT2D eigenvalue weighted by Gasteiger charge is 2.51. The second-order valence-electron chi connectivity index (χ2n) is 9.99. The first kappa shape index (κ1) is 29.4. The molecule has 214 valence electrons. The van der Waals surface area contributed by atoms with E-state index in [9.17, 15) is 28.2 Å². The second kappa shape index (κ2) is 13.2. The molecule has 0 radical (unpaired) electrons. The lowest BCUT2D eigenvalue weighted by atomic mass is 9.78. The molecule has 2 fully saturated rings. The number of alkyl halides is 3. The minimum absolute atomic E-state index is 0.0396. The van der Waals surface area contributed by atoms with Crippen LogP contribution >= 0.6 is 0 Å². The van der Waals surface area contributed by atoms with Crippen LogP contribution in [0.5, 0.6) is 0 Å². The lowest BCUT2D eigenvalue weighted by Gasteiger charge is -2.44. The van der Waals surface area contributed by atoms with E-state index >= 15 is 0 Å². The number of nitrogens with zero attached hydrogens (tertiary/aromatic N) is 1. The van der Waals surface area contributed by atoms with Crippen molar-refractivity contribution < 1.29 is 42.4 Å². The van der Waals surface area contributed by atoms with Crippen molar-refractivity contribution >= 4 is 5.91 Å². The highest BCUT2D eigenvalue weighted by atomic mass is 19.4. The number of aliphatic hydroxyl groups is 2. The molecule has 1 saturated carbocycles. The van der Waals surface area contributed by atoms with Crippen LogP contribution in [0.4, 0.5) is 13.2 Å². The molecular weight excluding hydrogens is 517 g/mol. The summed E-state index contributed by atoms with van der Waals surface area (Å²) in [6, 6.07) is 13.8. The Kier molecular flexibility index (Phi) is 9.97. The Morgan fingerprint density at radius 2 is 1.67 bits per heavy atom. The molecule has 1 aliphatic heterocycles. The van der Waals surface area contributed by atoms with E-state index in [1.54, 1.807) is 0 Å². The summed E-state index contributed by atoms with van der Waals surface area (Å²) in [5.74, 6) is -0.416. The van der Waals surface area contributed by atoms with Gasteiger partial charge in [-0.05, 0) is 23.3 Å². The van der Waals surface area contributed by atoms with Crippen molar-refractivity contribution in [3.63, 3.8) is 0 Å². The molecule has 1 saturated heterocycles. The van der Waals surface area contributed by atoms with Crippen molar-refractivity contribution in [1.29, 1.82) is 0 Å². The van der Waals surface area contributed by atoms with Gasteiger partial charge in [0, 0.05) is 39.0 Å². The monoisotopic (exact) mass is 552 g/mol. The molecule has 4 rings (SSSR count). The first-order valence-electron chi connectivity index (χ1n) is 13.1. The summed E-state index contributed by atoms with van der Waals surface area (Å²) in [6.45, 7) is 3.81. The molecule has 2 aliphatic rings. The SMILES string of the molecule is O=C(NCCN1CCOCC1)[C@@]1(OCc2ccccc2)CC(OCc2ccc(C(F)(F)F)cc2)[C@H](O)[C@H](O)C1. The van der Waals surface area contributed by atoms with Crippen molar-refractivity contribution in [3.05, 3.63) is 71.3 Å². The average molecular weight is 553 g/mol. The van der Waals surface area contributed by atoms with Crippen molar-refractivity contribution in [1.82, 2.24) is 10.2 Å². The number of amides is 1. The van der Waals surface area contributed by atoms with Gasteiger partial charge in [0.15, 0.2) is 5.60 Å². The average Bonchev–Trinajstić information content (AvgIpc) is 2.94. The van der Waals surface area contributed by atoms with Crippen LogP contribution in [0.3, 0.4) is 0 Å². The van der Waals surface area contributed by atoms with Crippen LogP contribution in [0, 0.1) is 0 Å². The third kappa shape index (κ3) is 8.00. The smallest absolute Gasteiger partial charge is 0.390 e. The Bertz CT molecular complexity index is 1050. The molecule has 0 spiro atoms. The molecule has 8 nitrogen and oxygen atoms in total. The zero-order valence-electron chi connectivity index (χ0n) is 21.6. The lowest BCUT2D eigenvalue weighted by molar-refractivity contribution is -0.200. The van der Waals surface area contributed by atoms with Gasteiger partial charge in [-0.3, -0.25) is 9.69 Å². The Morgan fingerprint density at radius 3 is 2.33 bits per heavy atom. The first-order chi connectivity index (χ1) is 18.7. The van der Waals surface area contributed by atoms with Crippen molar-refractivity contribution in [3.8, 4) is 0 Å². The maximum Gasteiger partial charge on any atom is 0.416 e. The molecule has 1 aliphatic carbocycles. The molecule has 39 heavy (non-hydrogen) atoms. The van der Waals surface area contributed by atoms with Crippen LogP contribution < -0.4 is 5.32 Å². The van der Waals surface area contributed by atoms with E-state index in [-0.39, 0.29) is 26.1 Å². The maximum absolute atomic E-state index is 13.6. The predicted octanol–water partition coefficient (Wildman–Crippen LogP) is 2.51. The molecule has 0 bridgehead atoms. The van der Waals surface area contributed by atoms with Crippen LogP contribution in [0.2, 0.25) is 0 Å². The van der Waals surface area contributed by atoms with Gasteiger partial charge in [-0.25, -0.2) is 0 Å². The molecule has 1 unspecified atom stereocenters. The number of carbonyl (C=O) groups is 1. The van der Waals surface area contributed by atoms with E-state index in [1.165, 1.54) is 12.1 Å². The van der Waals surface area contributed by atoms with E-state index in [4.69, 9.17) is 14.2 Å². The van der Waals surface area contributed by atoms with Gasteiger partial charge in [0.25, 0.3) is 5.91 Å². The molecule has 0 aromatic heterocycles. The molecular formula is C28H35F3N2O6. The van der Waals surface area contributed by atoms with Gasteiger partial charge in [0.1, 0.15) is 6.10 Å². The molecule has 4 atom stereocenters. The summed E-state index contributed by atoms with van der Waals surface area (Å²) >= 11 is 0. The van der Waals surface area contributed by atoms with Gasteiger partial charge in [-0.2, -0.15) is 13.2 Å². The third-order valence-corrected chi connectivity index (χ3v) is 7.18. The van der Waals surface area contributed by atoms with Crippen molar-refractivity contribution in [2.45, 2.75) is 56.1 Å². The minimum Gasteiger partial charge on any atom is -0.390 e. The minimum atomic E-state index is -4.45. The highest BCUT2D eigenvalue weighted by Crippen LogP contribution is 2.36. The zero-order valence-corrected chi connectivity index (χ0v) is 21.6. The lowest BCUT2D eigenvalue weighted by Crippen LogP contribution is -2.61. The van der Waals surface area contributed by atoms with E-state index in [0.717, 1.165) is 30.8 Å². The topological polar surface area (TPSA) is 100 Å². The van der Waals surface area contributed by atoms with Gasteiger partial charge < -0.3 is 29.7 Å². The number of aliphatic hydroxyl groups excluding tert-OH is 2. The summed E-state index contributed by atoms with van der Waals surface area (Å²) in [7, 11) is 0. The number of carbonyl (C=O) groups excluding carboxylic acids is 1. The fraction of sp³-hybridized carbons (Fsp3) is 0.536. The Hall–Kier alpha value is -2.54. The van der Waals surface area contributed by atoms with E-state index < -0.39 is 41.6 Å². The Morgan fingerprint density at radius 1 is 1.00 bits per heavy atom. The van der Waals surface area contributed by atoms with Gasteiger partial charge >= 0.3 is 6.18 Å². The summed E-state index contributed by atoms with van der Waals surface area (Å²) in [5.41, 5.74) is -0.965. The highest BCUT2D eigenvalue weighted by molar-refractivity contribution is 5.85. The number of ether oxygens (including phenoxy) is 3. The molecule has 11 heteroatoms. The predicted molar refractivity (Wildman–Crippen MR) is 135 cm³/mol. The number of halogens is 3. The summed E-state index contributed by atoms with van der Waals surface area (Å²) in [6.07, 6.45) is -8.22. The molecule has 3 N–H and O–H groups in total. The number of benzene rings is 2. The van der Waals surface area contributed by atoms with Gasteiger partial charge in [0.2, 0.25) is 0 Å². The van der Waals surface area contributed by atoms with Crippen molar-refractivity contribution in [2.75, 3.05) is 39.4 Å². The molecule has 2 aromatic rings. The van der Waals surface area contributed by atoms with Crippen LogP contribution in [-0.4, -0.2) is 84.3 Å². The van der Waals surface area contributed by atoms with Gasteiger partial charge in [-0.15, -0.1) is 0 Å². The largest absolute Gasteiger partial charge is 0.416 e. The quantitative estimate of drug-likeness (QED) is 0.417. The van der Waals surface area contributed by atoms with E-state index in [1.807, 2.05) is 30.3 Å². The van der Waals surface area contributed by atoms with Gasteiger partial charge in [0.05, 0.1) is 44.2 Å². The normalized spacial score (nSPS) is 26.3. The Labute approximate surface area is 225 Å². The van der Waals surface area contributed by atoms with Crippen LogP contribution in [-0.2, 0) is 38.4 Å². The number of nitrogens with one attached hydrogen (secondary N) is 1. The fourth-order valence-corrected chi connectivity index (χ4v) is 4.86. The van der Waals surface area contributed by atoms with E-state index in [2.05, 4.69) is 10.2 Å². The maximum atomic E-state index is 13.6. The van der Waals surface area contributed by atoms with Crippen LogP contribution in [0.1, 0.15) is 29.5 Å². The summed E-state index contributed by atoms with van der Waals surface area (Å²) in [4.78, 5) is 15.7. The Balaban J connectivity index is 1.45.